The molecule has 104 valence electrons. The van der Waals surface area contributed by atoms with Gasteiger partial charge in [0, 0.05) is 0 Å². The standard InChI is InChI=1S/C4H3S.3C4H9.Sn/c1-2-4-5-3-1;3*1-3-4-2;/h1,3-4H;3*1,3-4H2,2H3;. The number of rotatable bonds is 10. The van der Waals surface area contributed by atoms with Crippen LogP contribution >= 0.6 is 11.3 Å². The van der Waals surface area contributed by atoms with Crippen LogP contribution in [0.5, 0.6) is 0 Å². The second-order valence-electron chi connectivity index (χ2n) is 5.60. The van der Waals surface area contributed by atoms with Crippen LogP contribution in [0.25, 0.3) is 0 Å². The van der Waals surface area contributed by atoms with Gasteiger partial charge in [-0.3, -0.25) is 0 Å². The number of hydrogen-bond acceptors (Lipinski definition) is 1. The van der Waals surface area contributed by atoms with Crippen LogP contribution in [0.4, 0.5) is 0 Å². The Labute approximate surface area is 122 Å². The molecule has 0 aliphatic rings. The van der Waals surface area contributed by atoms with Gasteiger partial charge in [-0.1, -0.05) is 0 Å². The van der Waals surface area contributed by atoms with E-state index in [9.17, 15) is 0 Å². The van der Waals surface area contributed by atoms with E-state index in [0.29, 0.717) is 0 Å². The van der Waals surface area contributed by atoms with E-state index in [1.54, 1.807) is 13.3 Å². The first-order chi connectivity index (χ1) is 8.79. The summed E-state index contributed by atoms with van der Waals surface area (Å²) in [6.45, 7) is 7.05. The molecule has 0 aliphatic carbocycles. The van der Waals surface area contributed by atoms with Crippen molar-refractivity contribution >= 4 is 33.3 Å². The third-order valence-electron chi connectivity index (χ3n) is 4.16. The third-order valence-corrected chi connectivity index (χ3v) is 21.0. The molecule has 0 spiro atoms. The van der Waals surface area contributed by atoms with E-state index >= 15 is 0 Å². The normalized spacial score (nSPS) is 11.9. The van der Waals surface area contributed by atoms with E-state index in [0.717, 1.165) is 0 Å². The molecular formula is C16H30SSn. The van der Waals surface area contributed by atoms with E-state index in [1.807, 2.05) is 14.9 Å². The Morgan fingerprint density at radius 2 is 1.39 bits per heavy atom. The second-order valence-corrected chi connectivity index (χ2v) is 19.6. The number of hydrogen-bond donors (Lipinski definition) is 0. The van der Waals surface area contributed by atoms with Gasteiger partial charge in [0.25, 0.3) is 0 Å². The molecule has 1 heterocycles. The summed E-state index contributed by atoms with van der Waals surface area (Å²) < 4.78 is 6.64. The molecule has 0 saturated heterocycles. The molecule has 0 bridgehead atoms. The summed E-state index contributed by atoms with van der Waals surface area (Å²) in [5.74, 6) is 0. The average molecular weight is 373 g/mol. The average Bonchev–Trinajstić information content (AvgIpc) is 2.93. The summed E-state index contributed by atoms with van der Waals surface area (Å²) >= 11 is -0.103. The number of unbranched alkanes of at least 4 members (excludes halogenated alkanes) is 3. The van der Waals surface area contributed by atoms with Crippen molar-refractivity contribution in [3.05, 3.63) is 16.8 Å². The van der Waals surface area contributed by atoms with Crippen molar-refractivity contribution in [1.29, 1.82) is 0 Å². The van der Waals surface area contributed by atoms with Crippen LogP contribution in [-0.2, 0) is 0 Å². The molecule has 0 aromatic carbocycles. The molecule has 0 nitrogen and oxygen atoms in total. The van der Waals surface area contributed by atoms with Crippen LogP contribution in [0.2, 0.25) is 13.3 Å². The van der Waals surface area contributed by atoms with Gasteiger partial charge in [-0.15, -0.1) is 0 Å². The second kappa shape index (κ2) is 9.41. The summed E-state index contributed by atoms with van der Waals surface area (Å²) in [6.07, 6.45) is 8.54. The minimum atomic E-state index is -2.02. The van der Waals surface area contributed by atoms with Crippen molar-refractivity contribution in [3.8, 4) is 0 Å². The fourth-order valence-corrected chi connectivity index (χ4v) is 21.4. The molecule has 0 unspecified atom stereocenters. The fraction of sp³-hybridized carbons (Fsp3) is 0.750. The molecular weight excluding hydrogens is 343 g/mol. The first-order valence-electron chi connectivity index (χ1n) is 7.81. The van der Waals surface area contributed by atoms with E-state index in [2.05, 4.69) is 37.6 Å². The Balaban J connectivity index is 2.84. The predicted molar refractivity (Wildman–Crippen MR) is 88.9 cm³/mol. The molecule has 0 amide bonds. The van der Waals surface area contributed by atoms with Gasteiger partial charge in [-0.25, -0.2) is 0 Å². The van der Waals surface area contributed by atoms with E-state index in [1.165, 1.54) is 38.5 Å². The summed E-state index contributed by atoms with van der Waals surface area (Å²) in [5.41, 5.74) is 0. The molecule has 2 heteroatoms. The monoisotopic (exact) mass is 374 g/mol. The van der Waals surface area contributed by atoms with Crippen LogP contribution in [0.15, 0.2) is 16.8 Å². The summed E-state index contributed by atoms with van der Waals surface area (Å²) in [4.78, 5) is 0. The van der Waals surface area contributed by atoms with Gasteiger partial charge in [0.2, 0.25) is 0 Å². The van der Waals surface area contributed by atoms with Gasteiger partial charge in [0.05, 0.1) is 0 Å². The molecule has 0 aliphatic heterocycles. The van der Waals surface area contributed by atoms with E-state index in [-0.39, 0.29) is 0 Å². The molecule has 1 rings (SSSR count). The van der Waals surface area contributed by atoms with Crippen LogP contribution in [0, 0.1) is 0 Å². The Hall–Kier alpha value is 0.499. The number of thiophene rings is 1. The van der Waals surface area contributed by atoms with Crippen molar-refractivity contribution in [2.24, 2.45) is 0 Å². The van der Waals surface area contributed by atoms with Gasteiger partial charge < -0.3 is 0 Å². The molecule has 0 radical (unpaired) electrons. The van der Waals surface area contributed by atoms with Crippen LogP contribution in [0.1, 0.15) is 59.3 Å². The zero-order valence-corrected chi connectivity index (χ0v) is 16.2. The Morgan fingerprint density at radius 3 is 1.72 bits per heavy atom. The van der Waals surface area contributed by atoms with Crippen molar-refractivity contribution in [1.82, 2.24) is 0 Å². The zero-order chi connectivity index (χ0) is 13.3. The molecule has 0 atom stereocenters. The maximum atomic E-state index is 2.50. The molecule has 1 aromatic heterocycles. The predicted octanol–water partition coefficient (Wildman–Crippen LogP) is 5.80. The summed E-state index contributed by atoms with van der Waals surface area (Å²) in [6, 6.07) is 2.47. The molecule has 1 aromatic rings. The first kappa shape index (κ1) is 16.6. The van der Waals surface area contributed by atoms with Crippen molar-refractivity contribution in [2.45, 2.75) is 72.6 Å². The summed E-state index contributed by atoms with van der Waals surface area (Å²) in [7, 11) is 0. The third kappa shape index (κ3) is 4.88. The van der Waals surface area contributed by atoms with Gasteiger partial charge >= 0.3 is 123 Å². The van der Waals surface area contributed by atoms with Crippen LogP contribution in [-0.4, -0.2) is 18.4 Å². The fourth-order valence-electron chi connectivity index (χ4n) is 2.92. The van der Waals surface area contributed by atoms with Crippen molar-refractivity contribution in [2.75, 3.05) is 0 Å². The first-order valence-corrected chi connectivity index (χ1v) is 16.2. The van der Waals surface area contributed by atoms with Gasteiger partial charge in [0.1, 0.15) is 0 Å². The topological polar surface area (TPSA) is 0 Å². The Kier molecular flexibility index (Phi) is 8.65. The van der Waals surface area contributed by atoms with E-state index in [4.69, 9.17) is 0 Å². The van der Waals surface area contributed by atoms with Gasteiger partial charge in [-0.05, 0) is 0 Å². The zero-order valence-electron chi connectivity index (χ0n) is 12.5. The van der Waals surface area contributed by atoms with Crippen LogP contribution < -0.4 is 3.58 Å². The molecule has 18 heavy (non-hydrogen) atoms. The SMILES string of the molecule is CCC[CH2][Sn]([CH2]CCC)([CH2]CCC)[c]1ccsc1. The van der Waals surface area contributed by atoms with Crippen LogP contribution in [0.3, 0.4) is 0 Å². The molecule has 0 fully saturated rings. The summed E-state index contributed by atoms with van der Waals surface area (Å²) in [5, 5.41) is 4.81. The molecule has 0 N–H and O–H groups in total. The Morgan fingerprint density at radius 1 is 0.889 bits per heavy atom. The van der Waals surface area contributed by atoms with E-state index < -0.39 is 18.4 Å². The quantitative estimate of drug-likeness (QED) is 0.455. The van der Waals surface area contributed by atoms with Gasteiger partial charge in [-0.2, -0.15) is 0 Å². The van der Waals surface area contributed by atoms with Crippen molar-refractivity contribution < 1.29 is 0 Å². The van der Waals surface area contributed by atoms with Crippen molar-refractivity contribution in [3.63, 3.8) is 0 Å². The van der Waals surface area contributed by atoms with Gasteiger partial charge in [0.15, 0.2) is 0 Å². The minimum absolute atomic E-state index is 1.38. The maximum absolute atomic E-state index is 2.50. The Bertz CT molecular complexity index is 270. The molecule has 0 saturated carbocycles.